The molecule has 2 fully saturated rings. The summed E-state index contributed by atoms with van der Waals surface area (Å²) < 4.78 is 33.4. The van der Waals surface area contributed by atoms with Gasteiger partial charge in [0.1, 0.15) is 29.6 Å². The van der Waals surface area contributed by atoms with Crippen LogP contribution in [0.15, 0.2) is 30.3 Å². The van der Waals surface area contributed by atoms with Crippen LogP contribution in [0.1, 0.15) is 52.0 Å². The van der Waals surface area contributed by atoms with Gasteiger partial charge < -0.3 is 28.9 Å². The van der Waals surface area contributed by atoms with Gasteiger partial charge in [0.15, 0.2) is 0 Å². The average molecular weight is 617 g/mol. The molecule has 2 saturated heterocycles. The highest BCUT2D eigenvalue weighted by Gasteiger charge is 2.36. The summed E-state index contributed by atoms with van der Waals surface area (Å²) >= 11 is 0. The van der Waals surface area contributed by atoms with Crippen LogP contribution in [0.2, 0.25) is 0 Å². The Bertz CT molecular complexity index is 1620. The second-order valence-corrected chi connectivity index (χ2v) is 13.1. The zero-order valence-corrected chi connectivity index (χ0v) is 26.5. The predicted octanol–water partition coefficient (Wildman–Crippen LogP) is 5.57. The van der Waals surface area contributed by atoms with Gasteiger partial charge in [0.05, 0.1) is 36.0 Å². The first kappa shape index (κ1) is 30.8. The Morgan fingerprint density at radius 1 is 1.13 bits per heavy atom. The number of benzene rings is 2. The zero-order chi connectivity index (χ0) is 31.7. The Kier molecular flexibility index (Phi) is 8.69. The van der Waals surface area contributed by atoms with E-state index in [0.717, 1.165) is 48.7 Å². The normalized spacial score (nSPS) is 20.4. The lowest BCUT2D eigenvalue weighted by Gasteiger charge is -2.41. The minimum Gasteiger partial charge on any atom is -0.492 e. The summed E-state index contributed by atoms with van der Waals surface area (Å²) in [5, 5.41) is 10.4. The average Bonchev–Trinajstić information content (AvgIpc) is 3.43. The number of nitrogens with zero attached hydrogens (tertiary/aromatic N) is 6. The smallest absolute Gasteiger partial charge is 0.410 e. The molecular weight excluding hydrogens is 575 g/mol. The van der Waals surface area contributed by atoms with Gasteiger partial charge in [-0.25, -0.2) is 9.18 Å². The summed E-state index contributed by atoms with van der Waals surface area (Å²) in [5.74, 6) is 0.970. The van der Waals surface area contributed by atoms with Crippen molar-refractivity contribution in [2.24, 2.45) is 0 Å². The van der Waals surface area contributed by atoms with E-state index >= 15 is 4.39 Å². The van der Waals surface area contributed by atoms with Crippen LogP contribution in [0.25, 0.3) is 22.0 Å². The molecule has 6 rings (SSSR count). The number of likely N-dealkylation sites (N-methyl/N-ethyl adjacent to an activating group) is 1. The fourth-order valence-corrected chi connectivity index (χ4v) is 6.56. The van der Waals surface area contributed by atoms with Crippen molar-refractivity contribution in [1.82, 2.24) is 19.8 Å². The number of fused-ring (bicyclic) bond motifs is 3. The highest BCUT2D eigenvalue weighted by Crippen LogP contribution is 2.45. The van der Waals surface area contributed by atoms with Crippen LogP contribution in [-0.2, 0) is 11.2 Å². The molecule has 0 N–H and O–H groups in total. The van der Waals surface area contributed by atoms with Crippen LogP contribution in [-0.4, -0.2) is 90.0 Å². The van der Waals surface area contributed by atoms with Gasteiger partial charge in [0.25, 0.3) is 0 Å². The molecule has 45 heavy (non-hydrogen) atoms. The van der Waals surface area contributed by atoms with E-state index in [1.165, 1.54) is 6.07 Å². The molecule has 2 atom stereocenters. The zero-order valence-electron chi connectivity index (χ0n) is 26.5. The number of piperazine rings is 1. The maximum absolute atomic E-state index is 15.2. The summed E-state index contributed by atoms with van der Waals surface area (Å²) in [7, 11) is 2.09. The fraction of sp³-hybridized carbons (Fsp3) is 0.529. The van der Waals surface area contributed by atoms with Gasteiger partial charge in [-0.3, -0.25) is 0 Å². The van der Waals surface area contributed by atoms with Gasteiger partial charge in [0, 0.05) is 36.8 Å². The van der Waals surface area contributed by atoms with E-state index in [9.17, 15) is 10.1 Å². The molecule has 0 unspecified atom stereocenters. The Morgan fingerprint density at radius 3 is 2.69 bits per heavy atom. The maximum Gasteiger partial charge on any atom is 0.410 e. The number of aromatic nitrogens is 2. The highest BCUT2D eigenvalue weighted by molar-refractivity contribution is 6.00. The van der Waals surface area contributed by atoms with Crippen LogP contribution in [0.3, 0.4) is 0 Å². The Hall–Kier alpha value is -4.17. The molecule has 10 nitrogen and oxygen atoms in total. The summed E-state index contributed by atoms with van der Waals surface area (Å²) in [6, 6.07) is 11.0. The van der Waals surface area contributed by atoms with Crippen molar-refractivity contribution in [1.29, 1.82) is 5.26 Å². The molecule has 238 valence electrons. The van der Waals surface area contributed by atoms with E-state index in [2.05, 4.69) is 22.9 Å². The third-order valence-corrected chi connectivity index (χ3v) is 8.80. The number of carbonyl (C=O) groups excluding carboxylic acids is 1. The molecule has 3 aromatic rings. The van der Waals surface area contributed by atoms with Gasteiger partial charge in [-0.2, -0.15) is 15.2 Å². The second-order valence-electron chi connectivity index (χ2n) is 13.1. The largest absolute Gasteiger partial charge is 0.492 e. The summed E-state index contributed by atoms with van der Waals surface area (Å²) in [4.78, 5) is 29.0. The van der Waals surface area contributed by atoms with Crippen molar-refractivity contribution >= 4 is 22.8 Å². The molecule has 2 aromatic carbocycles. The topological polar surface area (TPSA) is 104 Å². The van der Waals surface area contributed by atoms with Gasteiger partial charge in [-0.1, -0.05) is 18.2 Å². The minimum absolute atomic E-state index is 0.141. The monoisotopic (exact) mass is 616 g/mol. The Balaban J connectivity index is 1.45. The molecule has 0 spiro atoms. The lowest BCUT2D eigenvalue weighted by Crippen LogP contribution is -2.56. The number of amides is 1. The van der Waals surface area contributed by atoms with Gasteiger partial charge >= 0.3 is 12.1 Å². The minimum atomic E-state index is -0.653. The highest BCUT2D eigenvalue weighted by atomic mass is 19.1. The van der Waals surface area contributed by atoms with Crippen LogP contribution in [0, 0.1) is 17.1 Å². The van der Waals surface area contributed by atoms with E-state index in [1.54, 1.807) is 17.0 Å². The molecule has 3 aliphatic rings. The SMILES string of the molecule is CN1CCC[C@H]1COc1nc(N2CCN(C(=O)OC(C)(C)C)[C@@H](CC#N)C2)c2c3c(c(-c4ccccc4F)cc2n1)CCCO3. The first-order valence-corrected chi connectivity index (χ1v) is 15.8. The number of nitriles is 1. The van der Waals surface area contributed by atoms with Crippen LogP contribution in [0.5, 0.6) is 11.8 Å². The number of anilines is 1. The van der Waals surface area contributed by atoms with Gasteiger partial charge in [0.2, 0.25) is 0 Å². The maximum atomic E-state index is 15.2. The van der Waals surface area contributed by atoms with Gasteiger partial charge in [-0.05, 0) is 77.7 Å². The van der Waals surface area contributed by atoms with Crippen LogP contribution < -0.4 is 14.4 Å². The Labute approximate surface area is 263 Å². The van der Waals surface area contributed by atoms with Crippen molar-refractivity contribution in [3.63, 3.8) is 0 Å². The number of carbonyl (C=O) groups is 1. The molecular formula is C34H41FN6O4. The summed E-state index contributed by atoms with van der Waals surface area (Å²) in [6.07, 6.45) is 3.40. The van der Waals surface area contributed by atoms with Crippen molar-refractivity contribution in [2.75, 3.05) is 51.3 Å². The van der Waals surface area contributed by atoms with E-state index in [1.807, 2.05) is 32.9 Å². The molecule has 11 heteroatoms. The number of halogens is 1. The molecule has 0 radical (unpaired) electrons. The lowest BCUT2D eigenvalue weighted by molar-refractivity contribution is 0.0145. The van der Waals surface area contributed by atoms with Crippen LogP contribution in [0.4, 0.5) is 15.0 Å². The fourth-order valence-electron chi connectivity index (χ4n) is 6.56. The first-order chi connectivity index (χ1) is 21.6. The van der Waals surface area contributed by atoms with E-state index in [0.29, 0.717) is 55.5 Å². The molecule has 4 heterocycles. The summed E-state index contributed by atoms with van der Waals surface area (Å²) in [5.41, 5.74) is 2.11. The second kappa shape index (κ2) is 12.7. The number of likely N-dealkylation sites (tertiary alicyclic amines) is 1. The number of rotatable bonds is 6. The first-order valence-electron chi connectivity index (χ1n) is 15.8. The van der Waals surface area contributed by atoms with Crippen molar-refractivity contribution in [3.05, 3.63) is 41.7 Å². The molecule has 0 aliphatic carbocycles. The molecule has 1 aromatic heterocycles. The van der Waals surface area contributed by atoms with Gasteiger partial charge in [-0.15, -0.1) is 0 Å². The van der Waals surface area contributed by atoms with Crippen molar-refractivity contribution in [3.8, 4) is 29.0 Å². The standard InChI is InChI=1S/C34H41FN6O4/c1-34(2,3)45-33(42)41-17-16-40(20-22(41)13-14-36)31-29-28(37-32(38-31)44-21-23-9-7-15-39(23)4)19-26(24-10-5-6-12-27(24)35)25-11-8-18-43-30(25)29/h5-6,10,12,19,22-23H,7-9,11,13,15-18,20-21H2,1-4H3/t22-,23-/m0/s1. The molecule has 1 amide bonds. The quantitative estimate of drug-likeness (QED) is 0.351. The third kappa shape index (κ3) is 6.47. The third-order valence-electron chi connectivity index (χ3n) is 8.80. The van der Waals surface area contributed by atoms with E-state index in [-0.39, 0.29) is 24.3 Å². The number of ether oxygens (including phenoxy) is 3. The Morgan fingerprint density at radius 2 is 1.96 bits per heavy atom. The van der Waals surface area contributed by atoms with Crippen molar-refractivity contribution in [2.45, 2.75) is 70.6 Å². The summed E-state index contributed by atoms with van der Waals surface area (Å²) in [6.45, 7) is 8.67. The van der Waals surface area contributed by atoms with Crippen LogP contribution >= 0.6 is 0 Å². The molecule has 0 bridgehead atoms. The van der Waals surface area contributed by atoms with E-state index in [4.69, 9.17) is 24.2 Å². The number of hydrogen-bond acceptors (Lipinski definition) is 9. The van der Waals surface area contributed by atoms with E-state index < -0.39 is 17.7 Å². The predicted molar refractivity (Wildman–Crippen MR) is 169 cm³/mol. The molecule has 3 aliphatic heterocycles. The number of hydrogen-bond donors (Lipinski definition) is 0. The lowest BCUT2D eigenvalue weighted by atomic mass is 9.92. The van der Waals surface area contributed by atoms with Crippen molar-refractivity contribution < 1.29 is 23.4 Å². The molecule has 0 saturated carbocycles.